The van der Waals surface area contributed by atoms with Crippen LogP contribution in [0.25, 0.3) is 17.3 Å². The van der Waals surface area contributed by atoms with Gasteiger partial charge < -0.3 is 9.15 Å². The van der Waals surface area contributed by atoms with Crippen molar-refractivity contribution in [2.45, 2.75) is 10.6 Å². The number of thioether (sulfide) groups is 1. The lowest BCUT2D eigenvalue weighted by Gasteiger charge is -2.01. The van der Waals surface area contributed by atoms with Gasteiger partial charge in [0, 0.05) is 21.9 Å². The van der Waals surface area contributed by atoms with Crippen LogP contribution in [-0.4, -0.2) is 18.0 Å². The van der Waals surface area contributed by atoms with Crippen LogP contribution >= 0.6 is 23.1 Å². The van der Waals surface area contributed by atoms with Gasteiger partial charge in [0.25, 0.3) is 0 Å². The van der Waals surface area contributed by atoms with Gasteiger partial charge in [0.15, 0.2) is 5.13 Å². The zero-order valence-electron chi connectivity index (χ0n) is 16.8. The first-order valence-corrected chi connectivity index (χ1v) is 11.4. The number of aromatic nitrogens is 1. The first-order chi connectivity index (χ1) is 15.2. The Balaban J connectivity index is 1.30. The molecule has 1 amide bonds. The topological polar surface area (TPSA) is 64.4 Å². The lowest BCUT2D eigenvalue weighted by atomic mass is 10.2. The molecule has 0 aliphatic heterocycles. The van der Waals surface area contributed by atoms with E-state index < -0.39 is 0 Å². The summed E-state index contributed by atoms with van der Waals surface area (Å²) < 4.78 is 10.5. The Labute approximate surface area is 188 Å². The summed E-state index contributed by atoms with van der Waals surface area (Å²) in [5, 5.41) is 5.29. The molecule has 0 spiro atoms. The van der Waals surface area contributed by atoms with E-state index in [1.165, 1.54) is 17.4 Å². The number of thiazole rings is 1. The molecule has 31 heavy (non-hydrogen) atoms. The van der Waals surface area contributed by atoms with E-state index in [9.17, 15) is 4.79 Å². The molecular formula is C24H20N2O3S2. The molecule has 0 saturated heterocycles. The molecule has 0 unspecified atom stereocenters. The van der Waals surface area contributed by atoms with Crippen molar-refractivity contribution in [3.05, 3.63) is 89.7 Å². The van der Waals surface area contributed by atoms with Crippen molar-refractivity contribution in [1.29, 1.82) is 0 Å². The zero-order valence-corrected chi connectivity index (χ0v) is 18.4. The molecule has 7 heteroatoms. The molecule has 156 valence electrons. The van der Waals surface area contributed by atoms with E-state index in [0.717, 1.165) is 39.0 Å². The third-order valence-corrected chi connectivity index (χ3v) is 6.18. The number of carbonyl (C=O) groups excluding carboxylic acids is 1. The van der Waals surface area contributed by atoms with Gasteiger partial charge in [-0.05, 0) is 60.2 Å². The highest BCUT2D eigenvalue weighted by Gasteiger charge is 2.07. The second-order valence-electron chi connectivity index (χ2n) is 6.53. The molecule has 5 nitrogen and oxygen atoms in total. The number of rotatable bonds is 8. The van der Waals surface area contributed by atoms with Crippen LogP contribution in [0.2, 0.25) is 0 Å². The average Bonchev–Trinajstić information content (AvgIpc) is 3.49. The summed E-state index contributed by atoms with van der Waals surface area (Å²) in [6, 6.07) is 19.5. The third-order valence-electron chi connectivity index (χ3n) is 4.39. The number of anilines is 1. The van der Waals surface area contributed by atoms with E-state index in [0.29, 0.717) is 5.13 Å². The number of hydrogen-bond donors (Lipinski definition) is 1. The van der Waals surface area contributed by atoms with Gasteiger partial charge in [-0.2, -0.15) is 0 Å². The van der Waals surface area contributed by atoms with Crippen molar-refractivity contribution < 1.29 is 13.9 Å². The highest BCUT2D eigenvalue weighted by molar-refractivity contribution is 7.98. The van der Waals surface area contributed by atoms with E-state index in [4.69, 9.17) is 9.15 Å². The Morgan fingerprint density at radius 1 is 1.16 bits per heavy atom. The number of hydrogen-bond acceptors (Lipinski definition) is 6. The SMILES string of the molecule is COc1ccc(-c2csc(NC(=O)/C=C/c3ccc(SCc4ccco4)cc3)n2)cc1. The van der Waals surface area contributed by atoms with E-state index in [2.05, 4.69) is 10.3 Å². The highest BCUT2D eigenvalue weighted by atomic mass is 32.2. The van der Waals surface area contributed by atoms with E-state index in [1.807, 2.05) is 66.0 Å². The van der Waals surface area contributed by atoms with E-state index in [-0.39, 0.29) is 5.91 Å². The molecule has 0 atom stereocenters. The molecule has 0 bridgehead atoms. The number of amides is 1. The fraction of sp³-hybridized carbons (Fsp3) is 0.0833. The second kappa shape index (κ2) is 10.1. The quantitative estimate of drug-likeness (QED) is 0.251. The molecule has 0 aliphatic rings. The molecule has 2 aromatic carbocycles. The van der Waals surface area contributed by atoms with Crippen molar-refractivity contribution in [2.24, 2.45) is 0 Å². The fourth-order valence-corrected chi connectivity index (χ4v) is 4.29. The van der Waals surface area contributed by atoms with Crippen LogP contribution in [0.3, 0.4) is 0 Å². The number of furan rings is 1. The molecule has 0 saturated carbocycles. The predicted molar refractivity (Wildman–Crippen MR) is 126 cm³/mol. The number of benzene rings is 2. The maximum Gasteiger partial charge on any atom is 0.250 e. The molecule has 2 heterocycles. The van der Waals surface area contributed by atoms with Crippen LogP contribution in [0.4, 0.5) is 5.13 Å². The van der Waals surface area contributed by atoms with Crippen LogP contribution in [-0.2, 0) is 10.5 Å². The number of carbonyl (C=O) groups is 1. The van der Waals surface area contributed by atoms with Gasteiger partial charge in [-0.3, -0.25) is 10.1 Å². The van der Waals surface area contributed by atoms with Gasteiger partial charge in [-0.25, -0.2) is 4.98 Å². The molecular weight excluding hydrogens is 428 g/mol. The summed E-state index contributed by atoms with van der Waals surface area (Å²) in [4.78, 5) is 17.9. The molecule has 0 aliphatic carbocycles. The Morgan fingerprint density at radius 3 is 2.68 bits per heavy atom. The van der Waals surface area contributed by atoms with Crippen LogP contribution in [0.1, 0.15) is 11.3 Å². The summed E-state index contributed by atoms with van der Waals surface area (Å²) in [7, 11) is 1.63. The van der Waals surface area contributed by atoms with Crippen molar-refractivity contribution >= 4 is 40.2 Å². The summed E-state index contributed by atoms with van der Waals surface area (Å²) in [6.07, 6.45) is 4.98. The minimum atomic E-state index is -0.216. The van der Waals surface area contributed by atoms with Crippen LogP contribution in [0.15, 0.2) is 87.7 Å². The van der Waals surface area contributed by atoms with Crippen LogP contribution in [0, 0.1) is 0 Å². The van der Waals surface area contributed by atoms with Crippen molar-refractivity contribution in [3.8, 4) is 17.0 Å². The highest BCUT2D eigenvalue weighted by Crippen LogP contribution is 2.27. The molecule has 4 rings (SSSR count). The van der Waals surface area contributed by atoms with Gasteiger partial charge in [-0.15, -0.1) is 23.1 Å². The Bertz CT molecular complexity index is 1150. The maximum atomic E-state index is 12.3. The summed E-state index contributed by atoms with van der Waals surface area (Å²) >= 11 is 3.10. The summed E-state index contributed by atoms with van der Waals surface area (Å²) in [6.45, 7) is 0. The largest absolute Gasteiger partial charge is 0.497 e. The lowest BCUT2D eigenvalue weighted by molar-refractivity contribution is -0.111. The van der Waals surface area contributed by atoms with Crippen molar-refractivity contribution in [2.75, 3.05) is 12.4 Å². The van der Waals surface area contributed by atoms with E-state index >= 15 is 0 Å². The molecule has 4 aromatic rings. The average molecular weight is 449 g/mol. The second-order valence-corrected chi connectivity index (χ2v) is 8.43. The maximum absolute atomic E-state index is 12.3. The first-order valence-electron chi connectivity index (χ1n) is 9.54. The normalized spacial score (nSPS) is 11.0. The smallest absolute Gasteiger partial charge is 0.250 e. The first kappa shape index (κ1) is 21.0. The predicted octanol–water partition coefficient (Wildman–Crippen LogP) is 6.36. The monoisotopic (exact) mass is 448 g/mol. The van der Waals surface area contributed by atoms with Crippen molar-refractivity contribution in [1.82, 2.24) is 4.98 Å². The number of ether oxygens (including phenoxy) is 1. The Hall–Kier alpha value is -3.29. The fourth-order valence-electron chi connectivity index (χ4n) is 2.77. The lowest BCUT2D eigenvalue weighted by Crippen LogP contribution is -2.07. The minimum Gasteiger partial charge on any atom is -0.497 e. The Morgan fingerprint density at radius 2 is 1.97 bits per heavy atom. The number of methoxy groups -OCH3 is 1. The van der Waals surface area contributed by atoms with Crippen molar-refractivity contribution in [3.63, 3.8) is 0 Å². The Kier molecular flexibility index (Phi) is 6.86. The van der Waals surface area contributed by atoms with Gasteiger partial charge in [0.05, 0.1) is 24.8 Å². The van der Waals surface area contributed by atoms with Gasteiger partial charge in [0.2, 0.25) is 5.91 Å². The summed E-state index contributed by atoms with van der Waals surface area (Å²) in [5.74, 6) is 2.31. The summed E-state index contributed by atoms with van der Waals surface area (Å²) in [5.41, 5.74) is 2.74. The minimum absolute atomic E-state index is 0.216. The van der Waals surface area contributed by atoms with E-state index in [1.54, 1.807) is 31.2 Å². The standard InChI is InChI=1S/C24H20N2O3S2/c1-28-19-9-7-18(8-10-19)22-16-31-24(25-22)26-23(27)13-6-17-4-11-21(12-5-17)30-15-20-3-2-14-29-20/h2-14,16H,15H2,1H3,(H,25,26,27)/b13-6+. The van der Waals surface area contributed by atoms with Gasteiger partial charge >= 0.3 is 0 Å². The molecule has 0 fully saturated rings. The van der Waals surface area contributed by atoms with Gasteiger partial charge in [-0.1, -0.05) is 12.1 Å². The zero-order chi connectivity index (χ0) is 21.5. The number of nitrogens with one attached hydrogen (secondary N) is 1. The van der Waals surface area contributed by atoms with Crippen LogP contribution in [0.5, 0.6) is 5.75 Å². The third kappa shape index (κ3) is 5.87. The molecule has 2 aromatic heterocycles. The van der Waals surface area contributed by atoms with Crippen LogP contribution < -0.4 is 10.1 Å². The molecule has 0 radical (unpaired) electrons. The number of nitrogens with zero attached hydrogens (tertiary/aromatic N) is 1. The molecule has 1 N–H and O–H groups in total. The van der Waals surface area contributed by atoms with Gasteiger partial charge in [0.1, 0.15) is 11.5 Å².